The van der Waals surface area contributed by atoms with Crippen molar-refractivity contribution in [2.24, 2.45) is 0 Å². The van der Waals surface area contributed by atoms with Crippen LogP contribution in [0.5, 0.6) is 11.5 Å². The predicted molar refractivity (Wildman–Crippen MR) is 140 cm³/mol. The fourth-order valence-electron chi connectivity index (χ4n) is 4.39. The zero-order valence-corrected chi connectivity index (χ0v) is 20.1. The van der Waals surface area contributed by atoms with E-state index in [0.717, 1.165) is 10.9 Å². The van der Waals surface area contributed by atoms with Gasteiger partial charge in [0.1, 0.15) is 41.7 Å². The molecular weight excluding hydrogens is 472 g/mol. The maximum absolute atomic E-state index is 13.2. The molecule has 2 aromatic heterocycles. The summed E-state index contributed by atoms with van der Waals surface area (Å²) in [6.07, 6.45) is 0.127. The Balaban J connectivity index is 1.45. The van der Waals surface area contributed by atoms with Gasteiger partial charge in [0.2, 0.25) is 0 Å². The topological polar surface area (TPSA) is 96.0 Å². The van der Waals surface area contributed by atoms with Crippen molar-refractivity contribution in [3.63, 3.8) is 0 Å². The first kappa shape index (κ1) is 24.1. The lowest BCUT2D eigenvalue weighted by atomic mass is 9.87. The van der Waals surface area contributed by atoms with Crippen molar-refractivity contribution in [1.29, 1.82) is 0 Å². The summed E-state index contributed by atoms with van der Waals surface area (Å²) in [4.78, 5) is 37.0. The van der Waals surface area contributed by atoms with Gasteiger partial charge in [0.05, 0.1) is 10.9 Å². The third-order valence-corrected chi connectivity index (χ3v) is 6.03. The first-order chi connectivity index (χ1) is 18.0. The quantitative estimate of drug-likeness (QED) is 0.197. The number of ketones is 1. The molecule has 0 aliphatic rings. The number of hydrogen-bond donors (Lipinski definition) is 0. The van der Waals surface area contributed by atoms with Crippen molar-refractivity contribution in [2.45, 2.75) is 19.3 Å². The van der Waals surface area contributed by atoms with E-state index >= 15 is 0 Å². The van der Waals surface area contributed by atoms with Gasteiger partial charge in [-0.2, -0.15) is 0 Å². The van der Waals surface area contributed by atoms with E-state index in [9.17, 15) is 14.4 Å². The Labute approximate surface area is 211 Å². The summed E-state index contributed by atoms with van der Waals surface area (Å²) in [5, 5.41) is 1.42. The summed E-state index contributed by atoms with van der Waals surface area (Å²) in [5.74, 6) is 0.300. The molecule has 0 amide bonds. The lowest BCUT2D eigenvalue weighted by molar-refractivity contribution is -0.117. The second-order valence-corrected chi connectivity index (χ2v) is 8.65. The molecule has 0 aliphatic heterocycles. The lowest BCUT2D eigenvalue weighted by Crippen LogP contribution is -2.20. The molecule has 7 heteroatoms. The number of rotatable bonds is 9. The number of hydrogen-bond acceptors (Lipinski definition) is 7. The van der Waals surface area contributed by atoms with Gasteiger partial charge in [0.25, 0.3) is 0 Å². The smallest absolute Gasteiger partial charge is 0.343 e. The Morgan fingerprint density at radius 1 is 0.811 bits per heavy atom. The van der Waals surface area contributed by atoms with Crippen molar-refractivity contribution in [2.75, 3.05) is 13.2 Å². The van der Waals surface area contributed by atoms with E-state index in [-0.39, 0.29) is 25.4 Å². The summed E-state index contributed by atoms with van der Waals surface area (Å²) in [6.45, 7) is 1.79. The van der Waals surface area contributed by atoms with Crippen LogP contribution in [0.1, 0.15) is 30.4 Å². The standard InChI is InChI=1S/C30H24O7/c1-19(31)17-24(20-7-3-2-4-8-20)28-29(23-9-5-6-10-25(23)37-30(28)33)35-16-15-34-22-13-11-21-12-14-27(32)36-26(21)18-22/h2-14,18,24H,15-17H2,1H3/t24-/m1/s1. The molecular formula is C30H24O7. The SMILES string of the molecule is CC(=O)C[C@H](c1ccccc1)c1c(OCCOc2ccc3ccc(=O)oc3c2)c2ccccc2oc1=O. The molecule has 0 unspecified atom stereocenters. The average molecular weight is 497 g/mol. The average Bonchev–Trinajstić information content (AvgIpc) is 2.90. The fourth-order valence-corrected chi connectivity index (χ4v) is 4.39. The van der Waals surface area contributed by atoms with Crippen LogP contribution >= 0.6 is 0 Å². The summed E-state index contributed by atoms with van der Waals surface area (Å²) in [6, 6.07) is 24.8. The molecule has 0 fully saturated rings. The van der Waals surface area contributed by atoms with E-state index in [2.05, 4.69) is 0 Å². The van der Waals surface area contributed by atoms with Gasteiger partial charge in [-0.1, -0.05) is 42.5 Å². The van der Waals surface area contributed by atoms with Crippen LogP contribution in [-0.4, -0.2) is 19.0 Å². The number of fused-ring (bicyclic) bond motifs is 2. The van der Waals surface area contributed by atoms with Crippen LogP contribution in [0.3, 0.4) is 0 Å². The first-order valence-corrected chi connectivity index (χ1v) is 11.9. The van der Waals surface area contributed by atoms with Crippen molar-refractivity contribution >= 4 is 27.7 Å². The van der Waals surface area contributed by atoms with Crippen LogP contribution in [-0.2, 0) is 4.79 Å². The molecule has 0 N–H and O–H groups in total. The maximum Gasteiger partial charge on any atom is 0.343 e. The van der Waals surface area contributed by atoms with E-state index in [1.807, 2.05) is 42.5 Å². The van der Waals surface area contributed by atoms with Gasteiger partial charge < -0.3 is 18.3 Å². The number of carbonyl (C=O) groups is 1. The highest BCUT2D eigenvalue weighted by atomic mass is 16.5. The highest BCUT2D eigenvalue weighted by molar-refractivity contribution is 5.85. The molecule has 0 saturated carbocycles. The minimum absolute atomic E-state index is 0.0568. The van der Waals surface area contributed by atoms with Gasteiger partial charge >= 0.3 is 11.3 Å². The molecule has 5 aromatic rings. The van der Waals surface area contributed by atoms with Gasteiger partial charge in [-0.3, -0.25) is 4.79 Å². The normalized spacial score (nSPS) is 11.9. The molecule has 7 nitrogen and oxygen atoms in total. The number of para-hydroxylation sites is 1. The van der Waals surface area contributed by atoms with Gasteiger partial charge in [0.15, 0.2) is 0 Å². The second kappa shape index (κ2) is 10.5. The van der Waals surface area contributed by atoms with Crippen LogP contribution in [0, 0.1) is 0 Å². The third kappa shape index (κ3) is 5.30. The number of carbonyl (C=O) groups excluding carboxylic acids is 1. The molecule has 37 heavy (non-hydrogen) atoms. The molecule has 186 valence electrons. The molecule has 3 aromatic carbocycles. The fraction of sp³-hybridized carbons (Fsp3) is 0.167. The Morgan fingerprint density at radius 3 is 2.35 bits per heavy atom. The molecule has 0 saturated heterocycles. The van der Waals surface area contributed by atoms with Crippen LogP contribution < -0.4 is 20.7 Å². The lowest BCUT2D eigenvalue weighted by Gasteiger charge is -2.20. The van der Waals surface area contributed by atoms with E-state index in [0.29, 0.717) is 33.6 Å². The van der Waals surface area contributed by atoms with Gasteiger partial charge in [-0.05, 0) is 42.8 Å². The van der Waals surface area contributed by atoms with Crippen molar-refractivity contribution in [3.8, 4) is 11.5 Å². The second-order valence-electron chi connectivity index (χ2n) is 8.65. The molecule has 2 heterocycles. The molecule has 0 bridgehead atoms. The Morgan fingerprint density at radius 2 is 1.54 bits per heavy atom. The van der Waals surface area contributed by atoms with Gasteiger partial charge in [-0.25, -0.2) is 9.59 Å². The summed E-state index contributed by atoms with van der Waals surface area (Å²) < 4.78 is 22.8. The van der Waals surface area contributed by atoms with E-state index in [4.69, 9.17) is 18.3 Å². The van der Waals surface area contributed by atoms with E-state index in [1.165, 1.54) is 13.0 Å². The van der Waals surface area contributed by atoms with Gasteiger partial charge in [0, 0.05) is 29.9 Å². The van der Waals surface area contributed by atoms with Crippen LogP contribution in [0.2, 0.25) is 0 Å². The Kier molecular flexibility index (Phi) is 6.85. The highest BCUT2D eigenvalue weighted by Crippen LogP contribution is 2.37. The minimum Gasteiger partial charge on any atom is -0.490 e. The zero-order valence-electron chi connectivity index (χ0n) is 20.1. The highest BCUT2D eigenvalue weighted by Gasteiger charge is 2.27. The maximum atomic E-state index is 13.2. The largest absolute Gasteiger partial charge is 0.490 e. The van der Waals surface area contributed by atoms with Crippen LogP contribution in [0.25, 0.3) is 21.9 Å². The predicted octanol–water partition coefficient (Wildman–Crippen LogP) is 5.47. The van der Waals surface area contributed by atoms with Crippen molar-refractivity contribution in [3.05, 3.63) is 117 Å². The molecule has 0 radical (unpaired) electrons. The third-order valence-electron chi connectivity index (χ3n) is 6.03. The summed E-state index contributed by atoms with van der Waals surface area (Å²) in [7, 11) is 0. The number of Topliss-reactive ketones (excluding diaryl/α,β-unsaturated/α-hetero) is 1. The van der Waals surface area contributed by atoms with Gasteiger partial charge in [-0.15, -0.1) is 0 Å². The molecule has 0 aliphatic carbocycles. The molecule has 1 atom stereocenters. The molecule has 0 spiro atoms. The number of ether oxygens (including phenoxy) is 2. The number of benzene rings is 3. The van der Waals surface area contributed by atoms with Crippen molar-refractivity contribution in [1.82, 2.24) is 0 Å². The van der Waals surface area contributed by atoms with E-state index in [1.54, 1.807) is 36.4 Å². The monoisotopic (exact) mass is 496 g/mol. The summed E-state index contributed by atoms with van der Waals surface area (Å²) >= 11 is 0. The Hall–Kier alpha value is -4.65. The van der Waals surface area contributed by atoms with Crippen molar-refractivity contribution < 1.29 is 23.1 Å². The Bertz CT molecular complexity index is 1680. The first-order valence-electron chi connectivity index (χ1n) is 11.9. The van der Waals surface area contributed by atoms with Crippen LogP contribution in [0.15, 0.2) is 103 Å². The summed E-state index contributed by atoms with van der Waals surface area (Å²) in [5.41, 5.74) is 0.955. The van der Waals surface area contributed by atoms with E-state index < -0.39 is 17.2 Å². The zero-order chi connectivity index (χ0) is 25.8. The molecule has 5 rings (SSSR count). The minimum atomic E-state index is -0.547. The van der Waals surface area contributed by atoms with Crippen LogP contribution in [0.4, 0.5) is 0 Å².